The van der Waals surface area contributed by atoms with E-state index in [1.807, 2.05) is 44.2 Å². The van der Waals surface area contributed by atoms with Gasteiger partial charge in [-0.3, -0.25) is 4.79 Å². The highest BCUT2D eigenvalue weighted by Crippen LogP contribution is 2.19. The molecular weight excluding hydrogens is 274 g/mol. The number of amides is 1. The summed E-state index contributed by atoms with van der Waals surface area (Å²) in [5, 5.41) is 2.94. The van der Waals surface area contributed by atoms with Crippen LogP contribution in [0.1, 0.15) is 29.5 Å². The van der Waals surface area contributed by atoms with Gasteiger partial charge in [-0.05, 0) is 61.6 Å². The zero-order chi connectivity index (χ0) is 15.9. The monoisotopic (exact) mass is 297 g/mol. The first kappa shape index (κ1) is 16.1. The van der Waals surface area contributed by atoms with Gasteiger partial charge in [0.15, 0.2) is 0 Å². The van der Waals surface area contributed by atoms with Gasteiger partial charge in [0, 0.05) is 12.1 Å². The highest BCUT2D eigenvalue weighted by Gasteiger charge is 2.04. The average Bonchev–Trinajstić information content (AvgIpc) is 2.47. The maximum absolute atomic E-state index is 12.0. The number of anilines is 1. The van der Waals surface area contributed by atoms with E-state index >= 15 is 0 Å². The van der Waals surface area contributed by atoms with Crippen molar-refractivity contribution < 1.29 is 9.53 Å². The summed E-state index contributed by atoms with van der Waals surface area (Å²) in [6, 6.07) is 14.0. The van der Waals surface area contributed by atoms with Crippen molar-refractivity contribution in [2.24, 2.45) is 0 Å². The molecule has 22 heavy (non-hydrogen) atoms. The summed E-state index contributed by atoms with van der Waals surface area (Å²) in [5.41, 5.74) is 4.38. The maximum atomic E-state index is 12.0. The lowest BCUT2D eigenvalue weighted by molar-refractivity contribution is -0.116. The van der Waals surface area contributed by atoms with Crippen LogP contribution >= 0.6 is 0 Å². The van der Waals surface area contributed by atoms with E-state index in [-0.39, 0.29) is 5.91 Å². The predicted molar refractivity (Wildman–Crippen MR) is 90.5 cm³/mol. The Labute approximate surface area is 132 Å². The molecule has 3 nitrogen and oxygen atoms in total. The van der Waals surface area contributed by atoms with Crippen LogP contribution in [0, 0.1) is 13.8 Å². The Bertz CT molecular complexity index is 650. The molecule has 2 aromatic carbocycles. The molecule has 0 atom stereocenters. The van der Waals surface area contributed by atoms with Crippen LogP contribution in [0.15, 0.2) is 42.5 Å². The van der Waals surface area contributed by atoms with Gasteiger partial charge in [-0.15, -0.1) is 0 Å². The summed E-state index contributed by atoms with van der Waals surface area (Å²) in [5.74, 6) is 0.969. The molecule has 0 fully saturated rings. The van der Waals surface area contributed by atoms with Crippen LogP contribution in [0.4, 0.5) is 5.69 Å². The first-order valence-electron chi connectivity index (χ1n) is 7.58. The van der Waals surface area contributed by atoms with Gasteiger partial charge >= 0.3 is 0 Å². The van der Waals surface area contributed by atoms with Gasteiger partial charge in [-0.1, -0.05) is 24.3 Å². The third-order valence-corrected chi connectivity index (χ3v) is 3.63. The SMILES string of the molecule is COc1ccc(CCCC(=O)Nc2cccc(C)c2)cc1C. The Balaban J connectivity index is 1.81. The zero-order valence-corrected chi connectivity index (χ0v) is 13.5. The molecule has 1 amide bonds. The second-order valence-electron chi connectivity index (χ2n) is 5.58. The number of benzene rings is 2. The van der Waals surface area contributed by atoms with Gasteiger partial charge < -0.3 is 10.1 Å². The lowest BCUT2D eigenvalue weighted by Gasteiger charge is -2.08. The first-order valence-corrected chi connectivity index (χ1v) is 7.58. The Morgan fingerprint density at radius 3 is 2.64 bits per heavy atom. The van der Waals surface area contributed by atoms with Gasteiger partial charge in [-0.2, -0.15) is 0 Å². The van der Waals surface area contributed by atoms with Crippen molar-refractivity contribution in [2.45, 2.75) is 33.1 Å². The van der Waals surface area contributed by atoms with Crippen LogP contribution in [0.5, 0.6) is 5.75 Å². The van der Waals surface area contributed by atoms with E-state index in [1.54, 1.807) is 7.11 Å². The van der Waals surface area contributed by atoms with Gasteiger partial charge in [-0.25, -0.2) is 0 Å². The Kier molecular flexibility index (Phi) is 5.59. The molecule has 0 saturated carbocycles. The summed E-state index contributed by atoms with van der Waals surface area (Å²) in [7, 11) is 1.68. The van der Waals surface area contributed by atoms with E-state index in [9.17, 15) is 4.79 Å². The van der Waals surface area contributed by atoms with Crippen LogP contribution in [0.2, 0.25) is 0 Å². The second kappa shape index (κ2) is 7.64. The molecule has 0 heterocycles. The lowest BCUT2D eigenvalue weighted by Crippen LogP contribution is -2.11. The van der Waals surface area contributed by atoms with E-state index < -0.39 is 0 Å². The fourth-order valence-electron chi connectivity index (χ4n) is 2.50. The Morgan fingerprint density at radius 1 is 1.14 bits per heavy atom. The summed E-state index contributed by atoms with van der Waals surface area (Å²) in [6.07, 6.45) is 2.26. The second-order valence-corrected chi connectivity index (χ2v) is 5.58. The first-order chi connectivity index (χ1) is 10.6. The molecule has 0 aliphatic heterocycles. The normalized spacial score (nSPS) is 10.3. The van der Waals surface area contributed by atoms with Crippen molar-refractivity contribution in [3.05, 3.63) is 59.2 Å². The standard InChI is InChI=1S/C19H23NO2/c1-14-6-4-8-17(12-14)20-19(21)9-5-7-16-10-11-18(22-3)15(2)13-16/h4,6,8,10-13H,5,7,9H2,1-3H3,(H,20,21). The van der Waals surface area contributed by atoms with E-state index in [1.165, 1.54) is 5.56 Å². The van der Waals surface area contributed by atoms with Gasteiger partial charge in [0.25, 0.3) is 0 Å². The molecule has 0 spiro atoms. The molecule has 0 radical (unpaired) electrons. The molecule has 2 rings (SSSR count). The quantitative estimate of drug-likeness (QED) is 0.864. The number of hydrogen-bond acceptors (Lipinski definition) is 2. The molecule has 116 valence electrons. The molecule has 3 heteroatoms. The molecule has 0 aliphatic carbocycles. The van der Waals surface area contributed by atoms with Crippen LogP contribution < -0.4 is 10.1 Å². The number of methoxy groups -OCH3 is 1. The van der Waals surface area contributed by atoms with Crippen LogP contribution in [0.25, 0.3) is 0 Å². The summed E-state index contributed by atoms with van der Waals surface area (Å²) in [6.45, 7) is 4.05. The third kappa shape index (κ3) is 4.62. The van der Waals surface area contributed by atoms with E-state index in [4.69, 9.17) is 4.74 Å². The predicted octanol–water partition coefficient (Wildman–Crippen LogP) is 4.27. The van der Waals surface area contributed by atoms with Crippen LogP contribution in [-0.2, 0) is 11.2 Å². The Hall–Kier alpha value is -2.29. The van der Waals surface area contributed by atoms with Crippen molar-refractivity contribution in [2.75, 3.05) is 12.4 Å². The minimum Gasteiger partial charge on any atom is -0.496 e. The summed E-state index contributed by atoms with van der Waals surface area (Å²) in [4.78, 5) is 12.0. The minimum atomic E-state index is 0.0656. The molecule has 0 aromatic heterocycles. The van der Waals surface area contributed by atoms with Crippen LogP contribution in [0.3, 0.4) is 0 Å². The van der Waals surface area contributed by atoms with Crippen molar-refractivity contribution in [1.29, 1.82) is 0 Å². The molecule has 1 N–H and O–H groups in total. The van der Waals surface area contributed by atoms with E-state index in [0.717, 1.165) is 35.4 Å². The number of nitrogens with one attached hydrogen (secondary N) is 1. The largest absolute Gasteiger partial charge is 0.496 e. The minimum absolute atomic E-state index is 0.0656. The fraction of sp³-hybridized carbons (Fsp3) is 0.316. The van der Waals surface area contributed by atoms with E-state index in [2.05, 4.69) is 17.4 Å². The van der Waals surface area contributed by atoms with Gasteiger partial charge in [0.2, 0.25) is 5.91 Å². The third-order valence-electron chi connectivity index (χ3n) is 3.63. The lowest BCUT2D eigenvalue weighted by atomic mass is 10.0. The zero-order valence-electron chi connectivity index (χ0n) is 13.5. The van der Waals surface area contributed by atoms with E-state index in [0.29, 0.717) is 6.42 Å². The van der Waals surface area contributed by atoms with Crippen LogP contribution in [-0.4, -0.2) is 13.0 Å². The van der Waals surface area contributed by atoms with Crippen molar-refractivity contribution in [3.8, 4) is 5.75 Å². The number of aryl methyl sites for hydroxylation is 3. The maximum Gasteiger partial charge on any atom is 0.224 e. The molecule has 0 saturated heterocycles. The smallest absolute Gasteiger partial charge is 0.224 e. The van der Waals surface area contributed by atoms with Crippen molar-refractivity contribution >= 4 is 11.6 Å². The molecule has 2 aromatic rings. The highest BCUT2D eigenvalue weighted by molar-refractivity contribution is 5.90. The molecule has 0 bridgehead atoms. The number of carbonyl (C=O) groups is 1. The summed E-state index contributed by atoms with van der Waals surface area (Å²) < 4.78 is 5.25. The summed E-state index contributed by atoms with van der Waals surface area (Å²) >= 11 is 0. The number of rotatable bonds is 6. The number of hydrogen-bond donors (Lipinski definition) is 1. The fourth-order valence-corrected chi connectivity index (χ4v) is 2.50. The Morgan fingerprint density at radius 2 is 1.95 bits per heavy atom. The number of ether oxygens (including phenoxy) is 1. The molecular formula is C19H23NO2. The van der Waals surface area contributed by atoms with Gasteiger partial charge in [0.05, 0.1) is 7.11 Å². The number of carbonyl (C=O) groups excluding carboxylic acids is 1. The van der Waals surface area contributed by atoms with Gasteiger partial charge in [0.1, 0.15) is 5.75 Å². The van der Waals surface area contributed by atoms with Crippen molar-refractivity contribution in [3.63, 3.8) is 0 Å². The highest BCUT2D eigenvalue weighted by atomic mass is 16.5. The molecule has 0 aliphatic rings. The molecule has 0 unspecified atom stereocenters. The topological polar surface area (TPSA) is 38.3 Å². The van der Waals surface area contributed by atoms with Crippen molar-refractivity contribution in [1.82, 2.24) is 0 Å². The average molecular weight is 297 g/mol.